The summed E-state index contributed by atoms with van der Waals surface area (Å²) in [6.45, 7) is 4.13. The Kier molecular flexibility index (Phi) is 5.66. The first-order valence-corrected chi connectivity index (χ1v) is 10.1. The Hall–Kier alpha value is -1.63. The average molecular weight is 374 g/mol. The van der Waals surface area contributed by atoms with Crippen LogP contribution in [0, 0.1) is 5.92 Å². The molecule has 1 aromatic rings. The molecule has 0 amide bonds. The highest BCUT2D eigenvalue weighted by molar-refractivity contribution is 5.76. The van der Waals surface area contributed by atoms with Gasteiger partial charge >= 0.3 is 5.97 Å². The Labute approximate surface area is 161 Å². The van der Waals surface area contributed by atoms with Crippen LogP contribution in [0.2, 0.25) is 0 Å². The lowest BCUT2D eigenvalue weighted by Gasteiger charge is -2.35. The zero-order valence-corrected chi connectivity index (χ0v) is 16.0. The first-order chi connectivity index (χ1) is 13.2. The second kappa shape index (κ2) is 8.17. The van der Waals surface area contributed by atoms with Crippen LogP contribution in [0.3, 0.4) is 0 Å². The van der Waals surface area contributed by atoms with Crippen molar-refractivity contribution in [1.82, 2.24) is 4.90 Å². The number of fused-ring (bicyclic) bond motifs is 1. The van der Waals surface area contributed by atoms with Crippen LogP contribution < -0.4 is 4.90 Å². The summed E-state index contributed by atoms with van der Waals surface area (Å²) in [7, 11) is 1.47. The molecule has 0 radical (unpaired) electrons. The molecule has 148 valence electrons. The molecule has 0 aromatic heterocycles. The lowest BCUT2D eigenvalue weighted by molar-refractivity contribution is -0.146. The highest BCUT2D eigenvalue weighted by Crippen LogP contribution is 2.41. The Morgan fingerprint density at radius 2 is 1.93 bits per heavy atom. The highest BCUT2D eigenvalue weighted by Gasteiger charge is 2.47. The van der Waals surface area contributed by atoms with Crippen molar-refractivity contribution < 1.29 is 19.4 Å². The molecule has 4 rings (SSSR count). The topological polar surface area (TPSA) is 62.2 Å². The van der Waals surface area contributed by atoms with Gasteiger partial charge in [0.2, 0.25) is 0 Å². The first-order valence-electron chi connectivity index (χ1n) is 10.1. The van der Waals surface area contributed by atoms with Crippen molar-refractivity contribution in [1.29, 1.82) is 0 Å². The smallest absolute Gasteiger partial charge is 0.323 e. The van der Waals surface area contributed by atoms with Crippen molar-refractivity contribution in [3.05, 3.63) is 29.8 Å². The van der Waals surface area contributed by atoms with Gasteiger partial charge in [0.15, 0.2) is 0 Å². The second-order valence-electron chi connectivity index (χ2n) is 8.01. The molecule has 2 saturated heterocycles. The summed E-state index contributed by atoms with van der Waals surface area (Å²) >= 11 is 0. The number of anilines is 1. The van der Waals surface area contributed by atoms with Crippen LogP contribution >= 0.6 is 0 Å². The molecule has 2 heterocycles. The number of methoxy groups -OCH3 is 1. The van der Waals surface area contributed by atoms with Gasteiger partial charge in [-0.15, -0.1) is 0 Å². The number of nitrogens with zero attached hydrogens (tertiary/aromatic N) is 2. The number of rotatable bonds is 4. The summed E-state index contributed by atoms with van der Waals surface area (Å²) < 4.78 is 10.5. The average Bonchev–Trinajstić information content (AvgIpc) is 3.06. The number of carbonyl (C=O) groups is 1. The van der Waals surface area contributed by atoms with Crippen molar-refractivity contribution in [3.8, 4) is 0 Å². The van der Waals surface area contributed by atoms with Crippen LogP contribution in [0.5, 0.6) is 0 Å². The van der Waals surface area contributed by atoms with Crippen molar-refractivity contribution in [2.45, 2.75) is 50.4 Å². The lowest BCUT2D eigenvalue weighted by atomic mass is 9.83. The van der Waals surface area contributed by atoms with Gasteiger partial charge in [0.1, 0.15) is 6.04 Å². The molecule has 0 bridgehead atoms. The summed E-state index contributed by atoms with van der Waals surface area (Å²) in [5.74, 6) is 0.328. The monoisotopic (exact) mass is 374 g/mol. The number of morpholine rings is 1. The van der Waals surface area contributed by atoms with E-state index in [2.05, 4.69) is 34.1 Å². The molecule has 0 spiro atoms. The minimum Gasteiger partial charge on any atom is -0.468 e. The van der Waals surface area contributed by atoms with Gasteiger partial charge in [-0.25, -0.2) is 0 Å². The Bertz CT molecular complexity index is 644. The lowest BCUT2D eigenvalue weighted by Crippen LogP contribution is -2.44. The van der Waals surface area contributed by atoms with E-state index in [0.717, 1.165) is 58.5 Å². The van der Waals surface area contributed by atoms with Crippen LogP contribution in [0.4, 0.5) is 5.69 Å². The maximum Gasteiger partial charge on any atom is 0.323 e. The van der Waals surface area contributed by atoms with E-state index in [0.29, 0.717) is 5.92 Å². The van der Waals surface area contributed by atoms with Crippen LogP contribution in [-0.2, 0) is 20.8 Å². The molecular weight excluding hydrogens is 344 g/mol. The number of likely N-dealkylation sites (tertiary alicyclic amines) is 1. The predicted octanol–water partition coefficient (Wildman–Crippen LogP) is 1.80. The molecule has 6 heteroatoms. The number of aliphatic hydroxyl groups excluding tert-OH is 1. The highest BCUT2D eigenvalue weighted by atomic mass is 16.5. The molecule has 1 aromatic carbocycles. The van der Waals surface area contributed by atoms with Crippen LogP contribution in [0.1, 0.15) is 31.2 Å². The first kappa shape index (κ1) is 18.7. The summed E-state index contributed by atoms with van der Waals surface area (Å²) in [5.41, 5.74) is 2.42. The molecule has 3 fully saturated rings. The quantitative estimate of drug-likeness (QED) is 0.811. The molecule has 0 unspecified atom stereocenters. The van der Waals surface area contributed by atoms with Crippen molar-refractivity contribution in [3.63, 3.8) is 0 Å². The fourth-order valence-corrected chi connectivity index (χ4v) is 4.96. The largest absolute Gasteiger partial charge is 0.468 e. The number of carbonyl (C=O) groups excluding carboxylic acids is 1. The molecule has 4 atom stereocenters. The van der Waals surface area contributed by atoms with Gasteiger partial charge in [-0.1, -0.05) is 12.1 Å². The van der Waals surface area contributed by atoms with Gasteiger partial charge in [0.05, 0.1) is 26.4 Å². The molecule has 3 aliphatic rings. The van der Waals surface area contributed by atoms with Crippen LogP contribution in [0.15, 0.2) is 24.3 Å². The van der Waals surface area contributed by atoms with Gasteiger partial charge in [0.25, 0.3) is 0 Å². The summed E-state index contributed by atoms with van der Waals surface area (Å²) in [5, 5.41) is 10.1. The molecule has 1 N–H and O–H groups in total. The van der Waals surface area contributed by atoms with Gasteiger partial charge in [-0.3, -0.25) is 9.69 Å². The third kappa shape index (κ3) is 3.98. The van der Waals surface area contributed by atoms with Gasteiger partial charge in [0, 0.05) is 31.4 Å². The Balaban J connectivity index is 1.48. The van der Waals surface area contributed by atoms with E-state index in [-0.39, 0.29) is 24.2 Å². The van der Waals surface area contributed by atoms with E-state index in [1.165, 1.54) is 18.4 Å². The normalized spacial score (nSPS) is 31.6. The standard InChI is InChI=1S/C21H30N2O4/c1-26-21(25)20-12-16-4-7-18(24)13-19(16)23(20)14-15-2-5-17(6-3-15)22-8-10-27-11-9-22/h2-3,5-6,16,18-20,24H,4,7-14H2,1H3/t16-,18-,19-,20+/m1/s1. The maximum absolute atomic E-state index is 12.4. The third-order valence-electron chi connectivity index (χ3n) is 6.43. The predicted molar refractivity (Wildman–Crippen MR) is 103 cm³/mol. The maximum atomic E-state index is 12.4. The fourth-order valence-electron chi connectivity index (χ4n) is 4.96. The number of hydrogen-bond donors (Lipinski definition) is 1. The zero-order chi connectivity index (χ0) is 18.8. The molecule has 6 nitrogen and oxygen atoms in total. The van der Waals surface area contributed by atoms with E-state index in [4.69, 9.17) is 9.47 Å². The van der Waals surface area contributed by atoms with Gasteiger partial charge in [-0.05, 0) is 49.3 Å². The van der Waals surface area contributed by atoms with E-state index in [1.807, 2.05) is 0 Å². The minimum atomic E-state index is -0.256. The minimum absolute atomic E-state index is 0.149. The molecule has 1 saturated carbocycles. The molecule has 27 heavy (non-hydrogen) atoms. The molecule has 2 aliphatic heterocycles. The summed E-state index contributed by atoms with van der Waals surface area (Å²) in [6.07, 6.45) is 3.18. The van der Waals surface area contributed by atoms with Crippen molar-refractivity contribution in [2.24, 2.45) is 5.92 Å². The molecule has 1 aliphatic carbocycles. The number of hydrogen-bond acceptors (Lipinski definition) is 6. The van der Waals surface area contributed by atoms with Gasteiger partial charge in [-0.2, -0.15) is 0 Å². The van der Waals surface area contributed by atoms with E-state index >= 15 is 0 Å². The Morgan fingerprint density at radius 3 is 2.63 bits per heavy atom. The summed E-state index contributed by atoms with van der Waals surface area (Å²) in [4.78, 5) is 17.0. The molecular formula is C21H30N2O4. The van der Waals surface area contributed by atoms with E-state index in [9.17, 15) is 9.90 Å². The summed E-state index contributed by atoms with van der Waals surface area (Å²) in [6, 6.07) is 8.71. The number of benzene rings is 1. The zero-order valence-electron chi connectivity index (χ0n) is 16.0. The SMILES string of the molecule is COC(=O)[C@@H]1C[C@H]2CC[C@@H](O)C[C@H]2N1Cc1ccc(N2CCOCC2)cc1. The van der Waals surface area contributed by atoms with Crippen molar-refractivity contribution in [2.75, 3.05) is 38.3 Å². The van der Waals surface area contributed by atoms with Crippen LogP contribution in [-0.4, -0.2) is 67.6 Å². The van der Waals surface area contributed by atoms with E-state index in [1.54, 1.807) is 0 Å². The number of ether oxygens (including phenoxy) is 2. The van der Waals surface area contributed by atoms with E-state index < -0.39 is 0 Å². The Morgan fingerprint density at radius 1 is 1.19 bits per heavy atom. The number of esters is 1. The fraction of sp³-hybridized carbons (Fsp3) is 0.667. The van der Waals surface area contributed by atoms with Crippen molar-refractivity contribution >= 4 is 11.7 Å². The number of aliphatic hydroxyl groups is 1. The van der Waals surface area contributed by atoms with Crippen LogP contribution in [0.25, 0.3) is 0 Å². The third-order valence-corrected chi connectivity index (χ3v) is 6.43. The second-order valence-corrected chi connectivity index (χ2v) is 8.01. The van der Waals surface area contributed by atoms with Gasteiger partial charge < -0.3 is 19.5 Å².